The monoisotopic (exact) mass is 560 g/mol. The van der Waals surface area contributed by atoms with Crippen LogP contribution >= 0.6 is 0 Å². The maximum atomic E-state index is 3.66. The zero-order chi connectivity index (χ0) is 29.0. The van der Waals surface area contributed by atoms with Crippen LogP contribution in [0.4, 0.5) is 0 Å². The van der Waals surface area contributed by atoms with Crippen LogP contribution in [0.15, 0.2) is 164 Å². The molecule has 9 rings (SSSR count). The van der Waals surface area contributed by atoms with Crippen LogP contribution in [0.25, 0.3) is 82.7 Å². The van der Waals surface area contributed by atoms with Gasteiger partial charge in [-0.05, 0) is 52.1 Å². The van der Waals surface area contributed by atoms with Gasteiger partial charge in [0.25, 0.3) is 0 Å². The Balaban J connectivity index is 1.20. The number of aromatic amines is 1. The van der Waals surface area contributed by atoms with Crippen LogP contribution in [0.1, 0.15) is 0 Å². The molecule has 0 aliphatic heterocycles. The average Bonchev–Trinajstić information content (AvgIpc) is 3.65. The Morgan fingerprint density at radius 3 is 1.68 bits per heavy atom. The van der Waals surface area contributed by atoms with Crippen LogP contribution in [-0.4, -0.2) is 9.55 Å². The van der Waals surface area contributed by atoms with Crippen molar-refractivity contribution in [2.45, 2.75) is 0 Å². The molecule has 2 nitrogen and oxygen atoms in total. The van der Waals surface area contributed by atoms with Gasteiger partial charge in [0.1, 0.15) is 0 Å². The molecule has 44 heavy (non-hydrogen) atoms. The van der Waals surface area contributed by atoms with E-state index in [1.807, 2.05) is 0 Å². The van der Waals surface area contributed by atoms with Crippen LogP contribution in [0.3, 0.4) is 0 Å². The molecule has 0 aliphatic rings. The number of benzene rings is 7. The number of hydrogen-bond acceptors (Lipinski definition) is 0. The SMILES string of the molecule is c1ccc(-c2ccc(-c3ccc(-c4ccccc4-n4c5ccccc5c5ccc6[nH]c7ccccc7c6c54)cc3)cc2)cc1. The van der Waals surface area contributed by atoms with E-state index in [-0.39, 0.29) is 0 Å². The maximum absolute atomic E-state index is 3.66. The van der Waals surface area contributed by atoms with Crippen LogP contribution < -0.4 is 0 Å². The Bertz CT molecular complexity index is 2460. The molecule has 206 valence electrons. The third-order valence-electron chi connectivity index (χ3n) is 8.97. The fourth-order valence-electron chi connectivity index (χ4n) is 6.88. The summed E-state index contributed by atoms with van der Waals surface area (Å²) in [5.74, 6) is 0. The van der Waals surface area contributed by atoms with Crippen molar-refractivity contribution in [3.63, 3.8) is 0 Å². The smallest absolute Gasteiger partial charge is 0.0641 e. The molecule has 0 fully saturated rings. The van der Waals surface area contributed by atoms with E-state index in [1.165, 1.54) is 71.6 Å². The van der Waals surface area contributed by atoms with Crippen molar-refractivity contribution < 1.29 is 0 Å². The van der Waals surface area contributed by atoms with Crippen molar-refractivity contribution >= 4 is 43.6 Å². The third kappa shape index (κ3) is 3.82. The number of fused-ring (bicyclic) bond motifs is 7. The number of aromatic nitrogens is 2. The second-order valence-electron chi connectivity index (χ2n) is 11.4. The number of nitrogens with one attached hydrogen (secondary N) is 1. The molecule has 2 aromatic heterocycles. The lowest BCUT2D eigenvalue weighted by Crippen LogP contribution is -1.97. The second kappa shape index (κ2) is 9.86. The molecule has 0 radical (unpaired) electrons. The van der Waals surface area contributed by atoms with Gasteiger partial charge in [0.05, 0.1) is 16.7 Å². The third-order valence-corrected chi connectivity index (χ3v) is 8.97. The molecule has 0 saturated carbocycles. The van der Waals surface area contributed by atoms with Crippen LogP contribution in [0, 0.1) is 0 Å². The van der Waals surface area contributed by atoms with Gasteiger partial charge in [-0.2, -0.15) is 0 Å². The highest BCUT2D eigenvalue weighted by Gasteiger charge is 2.19. The van der Waals surface area contributed by atoms with E-state index in [9.17, 15) is 0 Å². The molecule has 0 aliphatic carbocycles. The first-order chi connectivity index (χ1) is 21.8. The van der Waals surface area contributed by atoms with E-state index in [1.54, 1.807) is 0 Å². The molecule has 9 aromatic rings. The summed E-state index contributed by atoms with van der Waals surface area (Å²) >= 11 is 0. The average molecular weight is 561 g/mol. The van der Waals surface area contributed by atoms with Crippen molar-refractivity contribution in [2.24, 2.45) is 0 Å². The van der Waals surface area contributed by atoms with Crippen LogP contribution in [-0.2, 0) is 0 Å². The summed E-state index contributed by atoms with van der Waals surface area (Å²) in [7, 11) is 0. The first-order valence-electron chi connectivity index (χ1n) is 15.1. The molecule has 0 bridgehead atoms. The summed E-state index contributed by atoms with van der Waals surface area (Å²) in [6.07, 6.45) is 0. The van der Waals surface area contributed by atoms with Crippen molar-refractivity contribution in [3.05, 3.63) is 164 Å². The highest BCUT2D eigenvalue weighted by molar-refractivity contribution is 6.25. The fourth-order valence-corrected chi connectivity index (χ4v) is 6.88. The Hall–Kier alpha value is -5.86. The van der Waals surface area contributed by atoms with E-state index < -0.39 is 0 Å². The minimum absolute atomic E-state index is 1.16. The van der Waals surface area contributed by atoms with E-state index in [4.69, 9.17) is 0 Å². The largest absolute Gasteiger partial charge is 0.354 e. The zero-order valence-electron chi connectivity index (χ0n) is 24.0. The minimum Gasteiger partial charge on any atom is -0.354 e. The lowest BCUT2D eigenvalue weighted by molar-refractivity contribution is 1.19. The Morgan fingerprint density at radius 2 is 0.932 bits per heavy atom. The molecule has 1 N–H and O–H groups in total. The maximum Gasteiger partial charge on any atom is 0.0641 e. The summed E-state index contributed by atoms with van der Waals surface area (Å²) in [6.45, 7) is 0. The van der Waals surface area contributed by atoms with Gasteiger partial charge in [0.2, 0.25) is 0 Å². The lowest BCUT2D eigenvalue weighted by atomic mass is 9.97. The molecule has 2 heterocycles. The zero-order valence-corrected chi connectivity index (χ0v) is 24.0. The first kappa shape index (κ1) is 24.7. The van der Waals surface area contributed by atoms with E-state index >= 15 is 0 Å². The van der Waals surface area contributed by atoms with E-state index in [0.717, 1.165) is 11.0 Å². The molecule has 0 atom stereocenters. The summed E-state index contributed by atoms with van der Waals surface area (Å²) in [4.78, 5) is 3.66. The molecule has 7 aromatic carbocycles. The molecular formula is C42H28N2. The van der Waals surface area contributed by atoms with Gasteiger partial charge >= 0.3 is 0 Å². The van der Waals surface area contributed by atoms with E-state index in [0.29, 0.717) is 0 Å². The number of hydrogen-bond donors (Lipinski definition) is 1. The first-order valence-corrected chi connectivity index (χ1v) is 15.1. The van der Waals surface area contributed by atoms with Gasteiger partial charge in [-0.1, -0.05) is 140 Å². The van der Waals surface area contributed by atoms with Crippen LogP contribution in [0.5, 0.6) is 0 Å². The quantitative estimate of drug-likeness (QED) is 0.221. The summed E-state index contributed by atoms with van der Waals surface area (Å²) in [5.41, 5.74) is 13.2. The van der Waals surface area contributed by atoms with Gasteiger partial charge in [-0.15, -0.1) is 0 Å². The topological polar surface area (TPSA) is 20.7 Å². The Morgan fingerprint density at radius 1 is 0.364 bits per heavy atom. The Kier molecular flexibility index (Phi) is 5.54. The minimum atomic E-state index is 1.16. The molecular weight excluding hydrogens is 532 g/mol. The summed E-state index contributed by atoms with van der Waals surface area (Å²) in [6, 6.07) is 59.1. The molecule has 0 spiro atoms. The standard InChI is InChI=1S/C42H28N2/c1-2-10-28(11-3-1)29-18-20-30(21-19-29)31-22-24-32(25-23-31)33-12-5-8-16-39(33)44-40-17-9-6-13-34(40)35-26-27-38-41(42(35)44)36-14-4-7-15-37(36)43-38/h1-27,43H. The van der Waals surface area contributed by atoms with E-state index in [2.05, 4.69) is 173 Å². The highest BCUT2D eigenvalue weighted by atomic mass is 15.0. The molecule has 0 saturated heterocycles. The summed E-state index contributed by atoms with van der Waals surface area (Å²) < 4.78 is 2.47. The van der Waals surface area contributed by atoms with Crippen LogP contribution in [0.2, 0.25) is 0 Å². The van der Waals surface area contributed by atoms with Gasteiger partial charge in [-0.3, -0.25) is 0 Å². The van der Waals surface area contributed by atoms with Gasteiger partial charge < -0.3 is 9.55 Å². The van der Waals surface area contributed by atoms with Gasteiger partial charge in [0, 0.05) is 38.1 Å². The van der Waals surface area contributed by atoms with Crippen molar-refractivity contribution in [1.29, 1.82) is 0 Å². The predicted molar refractivity (Wildman–Crippen MR) is 186 cm³/mol. The lowest BCUT2D eigenvalue weighted by Gasteiger charge is -2.15. The molecule has 2 heteroatoms. The second-order valence-corrected chi connectivity index (χ2v) is 11.4. The Labute approximate surface area is 255 Å². The normalized spacial score (nSPS) is 11.6. The number of H-pyrrole nitrogens is 1. The van der Waals surface area contributed by atoms with Crippen molar-refractivity contribution in [3.8, 4) is 39.1 Å². The fraction of sp³-hybridized carbons (Fsp3) is 0. The number of rotatable bonds is 4. The van der Waals surface area contributed by atoms with Gasteiger partial charge in [0.15, 0.2) is 0 Å². The summed E-state index contributed by atoms with van der Waals surface area (Å²) in [5, 5.41) is 5.04. The van der Waals surface area contributed by atoms with Crippen molar-refractivity contribution in [1.82, 2.24) is 9.55 Å². The van der Waals surface area contributed by atoms with Crippen molar-refractivity contribution in [2.75, 3.05) is 0 Å². The predicted octanol–water partition coefficient (Wildman–Crippen LogP) is 11.4. The highest BCUT2D eigenvalue weighted by Crippen LogP contribution is 2.41. The number of para-hydroxylation sites is 3. The number of nitrogens with zero attached hydrogens (tertiary/aromatic N) is 1. The molecule has 0 amide bonds. The molecule has 0 unspecified atom stereocenters. The van der Waals surface area contributed by atoms with Gasteiger partial charge in [-0.25, -0.2) is 0 Å².